The second-order valence-electron chi connectivity index (χ2n) is 5.63. The van der Waals surface area contributed by atoms with Crippen molar-refractivity contribution in [1.29, 1.82) is 5.26 Å². The summed E-state index contributed by atoms with van der Waals surface area (Å²) in [5.74, 6) is -0.202. The van der Waals surface area contributed by atoms with Crippen LogP contribution >= 0.6 is 0 Å². The molecule has 0 aromatic heterocycles. The van der Waals surface area contributed by atoms with Gasteiger partial charge in [-0.3, -0.25) is 4.79 Å². The Morgan fingerprint density at radius 3 is 2.33 bits per heavy atom. The van der Waals surface area contributed by atoms with Crippen LogP contribution in [0.15, 0.2) is 53.4 Å². The van der Waals surface area contributed by atoms with Crippen LogP contribution in [0.4, 0.5) is 0 Å². The minimum atomic E-state index is -3.24. The van der Waals surface area contributed by atoms with E-state index >= 15 is 0 Å². The molecule has 0 saturated heterocycles. The molecule has 24 heavy (non-hydrogen) atoms. The van der Waals surface area contributed by atoms with E-state index in [1.165, 1.54) is 12.1 Å². The van der Waals surface area contributed by atoms with Crippen molar-refractivity contribution in [2.45, 2.75) is 17.9 Å². The third-order valence-electron chi connectivity index (χ3n) is 3.93. The van der Waals surface area contributed by atoms with Gasteiger partial charge >= 0.3 is 0 Å². The summed E-state index contributed by atoms with van der Waals surface area (Å²) in [5, 5.41) is 8.94. The lowest BCUT2D eigenvalue weighted by Gasteiger charge is -2.25. The normalized spacial score (nSPS) is 12.2. The molecule has 0 aliphatic carbocycles. The number of nitriles is 1. The summed E-state index contributed by atoms with van der Waals surface area (Å²) in [7, 11) is -1.57. The lowest BCUT2D eigenvalue weighted by molar-refractivity contribution is 0.0742. The Bertz CT molecular complexity index is 897. The van der Waals surface area contributed by atoms with Crippen molar-refractivity contribution in [1.82, 2.24) is 4.90 Å². The number of hydrogen-bond donors (Lipinski definition) is 0. The summed E-state index contributed by atoms with van der Waals surface area (Å²) < 4.78 is 23.0. The molecule has 1 atom stereocenters. The van der Waals surface area contributed by atoms with Crippen LogP contribution in [-0.4, -0.2) is 32.5 Å². The van der Waals surface area contributed by atoms with Gasteiger partial charge in [0.25, 0.3) is 5.91 Å². The summed E-state index contributed by atoms with van der Waals surface area (Å²) in [6, 6.07) is 14.8. The van der Waals surface area contributed by atoms with Gasteiger partial charge < -0.3 is 4.90 Å². The van der Waals surface area contributed by atoms with Crippen LogP contribution in [0.2, 0.25) is 0 Å². The Labute approximate surface area is 142 Å². The van der Waals surface area contributed by atoms with Gasteiger partial charge in [0.1, 0.15) is 0 Å². The van der Waals surface area contributed by atoms with Gasteiger partial charge in [0.15, 0.2) is 9.84 Å². The molecule has 0 spiro atoms. The molecule has 2 aromatic rings. The van der Waals surface area contributed by atoms with E-state index < -0.39 is 9.84 Å². The number of carbonyl (C=O) groups excluding carboxylic acids is 1. The molecule has 2 aromatic carbocycles. The maximum Gasteiger partial charge on any atom is 0.254 e. The predicted molar refractivity (Wildman–Crippen MR) is 91.2 cm³/mol. The molecule has 2 rings (SSSR count). The van der Waals surface area contributed by atoms with Crippen molar-refractivity contribution >= 4 is 15.7 Å². The van der Waals surface area contributed by atoms with Crippen LogP contribution in [0.5, 0.6) is 0 Å². The summed E-state index contributed by atoms with van der Waals surface area (Å²) in [5.41, 5.74) is 1.70. The highest BCUT2D eigenvalue weighted by molar-refractivity contribution is 7.90. The van der Waals surface area contributed by atoms with E-state index in [9.17, 15) is 13.2 Å². The first kappa shape index (κ1) is 17.7. The van der Waals surface area contributed by atoms with Crippen LogP contribution < -0.4 is 0 Å². The third kappa shape index (κ3) is 3.81. The maximum absolute atomic E-state index is 12.6. The highest BCUT2D eigenvalue weighted by atomic mass is 32.2. The first-order chi connectivity index (χ1) is 11.2. The van der Waals surface area contributed by atoms with Gasteiger partial charge in [-0.25, -0.2) is 8.42 Å². The fourth-order valence-corrected chi connectivity index (χ4v) is 2.95. The average Bonchev–Trinajstić information content (AvgIpc) is 2.59. The molecule has 0 unspecified atom stereocenters. The molecule has 124 valence electrons. The zero-order valence-corrected chi connectivity index (χ0v) is 14.5. The summed E-state index contributed by atoms with van der Waals surface area (Å²) in [4.78, 5) is 14.4. The number of nitrogens with zero attached hydrogens (tertiary/aromatic N) is 2. The zero-order valence-electron chi connectivity index (χ0n) is 13.7. The third-order valence-corrected chi connectivity index (χ3v) is 5.06. The Balaban J connectivity index is 2.24. The molecule has 1 amide bonds. The van der Waals surface area contributed by atoms with Gasteiger partial charge in [-0.2, -0.15) is 5.26 Å². The number of carbonyl (C=O) groups is 1. The van der Waals surface area contributed by atoms with Crippen LogP contribution in [0.25, 0.3) is 0 Å². The standard InChI is InChI=1S/C18H18N2O3S/c1-13(15-7-9-17(10-8-15)24(3,22)23)20(2)18(21)16-6-4-5-14(11-16)12-19/h4-11,13H,1-3H3/t13-/m1/s1. The lowest BCUT2D eigenvalue weighted by Crippen LogP contribution is -2.29. The highest BCUT2D eigenvalue weighted by Crippen LogP contribution is 2.22. The zero-order chi connectivity index (χ0) is 17.9. The topological polar surface area (TPSA) is 78.2 Å². The molecule has 0 bridgehead atoms. The number of sulfone groups is 1. The quantitative estimate of drug-likeness (QED) is 0.856. The van der Waals surface area contributed by atoms with Gasteiger partial charge in [0.2, 0.25) is 0 Å². The minimum absolute atomic E-state index is 0.202. The summed E-state index contributed by atoms with van der Waals surface area (Å²) >= 11 is 0. The fourth-order valence-electron chi connectivity index (χ4n) is 2.32. The Kier molecular flexibility index (Phi) is 5.05. The van der Waals surface area contributed by atoms with Gasteiger partial charge in [0.05, 0.1) is 22.6 Å². The predicted octanol–water partition coefficient (Wildman–Crippen LogP) is 2.79. The molecule has 0 aliphatic heterocycles. The molecule has 5 nitrogen and oxygen atoms in total. The monoisotopic (exact) mass is 342 g/mol. The first-order valence-corrected chi connectivity index (χ1v) is 9.20. The van der Waals surface area contributed by atoms with Crippen molar-refractivity contribution in [3.05, 3.63) is 65.2 Å². The minimum Gasteiger partial charge on any atom is -0.335 e. The molecule has 0 aliphatic rings. The number of hydrogen-bond acceptors (Lipinski definition) is 4. The van der Waals surface area contributed by atoms with E-state index in [2.05, 4.69) is 0 Å². The Morgan fingerprint density at radius 2 is 1.79 bits per heavy atom. The molecule has 0 heterocycles. The Morgan fingerprint density at radius 1 is 1.17 bits per heavy atom. The van der Waals surface area contributed by atoms with Gasteiger partial charge in [-0.05, 0) is 42.8 Å². The van der Waals surface area contributed by atoms with E-state index in [1.54, 1.807) is 48.3 Å². The molecule has 0 radical (unpaired) electrons. The van der Waals surface area contributed by atoms with E-state index in [1.807, 2.05) is 13.0 Å². The first-order valence-electron chi connectivity index (χ1n) is 7.31. The van der Waals surface area contributed by atoms with Crippen molar-refractivity contribution in [2.24, 2.45) is 0 Å². The van der Waals surface area contributed by atoms with Crippen LogP contribution in [-0.2, 0) is 9.84 Å². The van der Waals surface area contributed by atoms with Crippen molar-refractivity contribution in [2.75, 3.05) is 13.3 Å². The number of rotatable bonds is 4. The Hall–Kier alpha value is -2.65. The van der Waals surface area contributed by atoms with Crippen molar-refractivity contribution in [3.63, 3.8) is 0 Å². The number of amides is 1. The van der Waals surface area contributed by atoms with E-state index in [0.29, 0.717) is 11.1 Å². The molecule has 0 fully saturated rings. The fraction of sp³-hybridized carbons (Fsp3) is 0.222. The molecular formula is C18H18N2O3S. The van der Waals surface area contributed by atoms with E-state index in [0.717, 1.165) is 11.8 Å². The van der Waals surface area contributed by atoms with E-state index in [-0.39, 0.29) is 16.8 Å². The largest absolute Gasteiger partial charge is 0.335 e. The summed E-state index contributed by atoms with van der Waals surface area (Å²) in [6.45, 7) is 1.86. The second kappa shape index (κ2) is 6.85. The molecule has 0 N–H and O–H groups in total. The second-order valence-corrected chi connectivity index (χ2v) is 7.64. The SMILES string of the molecule is C[C@H](c1ccc(S(C)(=O)=O)cc1)N(C)C(=O)c1cccc(C#N)c1. The van der Waals surface area contributed by atoms with Crippen LogP contribution in [0, 0.1) is 11.3 Å². The smallest absolute Gasteiger partial charge is 0.254 e. The van der Waals surface area contributed by atoms with Gasteiger partial charge in [-0.1, -0.05) is 18.2 Å². The van der Waals surface area contributed by atoms with Gasteiger partial charge in [-0.15, -0.1) is 0 Å². The summed E-state index contributed by atoms with van der Waals surface area (Å²) in [6.07, 6.45) is 1.16. The van der Waals surface area contributed by atoms with Crippen molar-refractivity contribution < 1.29 is 13.2 Å². The average molecular weight is 342 g/mol. The van der Waals surface area contributed by atoms with E-state index in [4.69, 9.17) is 5.26 Å². The molecule has 6 heteroatoms. The molecular weight excluding hydrogens is 324 g/mol. The van der Waals surface area contributed by atoms with Gasteiger partial charge in [0, 0.05) is 18.9 Å². The lowest BCUT2D eigenvalue weighted by atomic mass is 10.1. The van der Waals surface area contributed by atoms with Crippen LogP contribution in [0.1, 0.15) is 34.5 Å². The highest BCUT2D eigenvalue weighted by Gasteiger charge is 2.19. The van der Waals surface area contributed by atoms with Crippen molar-refractivity contribution in [3.8, 4) is 6.07 Å². The maximum atomic E-state index is 12.6. The van der Waals surface area contributed by atoms with Crippen LogP contribution in [0.3, 0.4) is 0 Å². The number of benzene rings is 2. The molecule has 0 saturated carbocycles.